The van der Waals surface area contributed by atoms with Crippen LogP contribution in [0.25, 0.3) is 0 Å². The molecule has 0 aliphatic carbocycles. The maximum absolute atomic E-state index is 13.1. The van der Waals surface area contributed by atoms with E-state index < -0.39 is 0 Å². The van der Waals surface area contributed by atoms with Gasteiger partial charge < -0.3 is 10.5 Å². The summed E-state index contributed by atoms with van der Waals surface area (Å²) in [6, 6.07) is 4.25. The van der Waals surface area contributed by atoms with Crippen LogP contribution < -0.4 is 10.5 Å². The largest absolute Gasteiger partial charge is 0.497 e. The van der Waals surface area contributed by atoms with Crippen molar-refractivity contribution in [3.05, 3.63) is 42.2 Å². The van der Waals surface area contributed by atoms with Gasteiger partial charge in [-0.25, -0.2) is 4.39 Å². The Bertz CT molecular complexity index is 325. The van der Waals surface area contributed by atoms with E-state index in [1.807, 2.05) is 0 Å². The van der Waals surface area contributed by atoms with E-state index in [4.69, 9.17) is 10.5 Å². The Kier molecular flexibility index (Phi) is 3.65. The van der Waals surface area contributed by atoms with Crippen molar-refractivity contribution in [2.75, 3.05) is 7.11 Å². The van der Waals surface area contributed by atoms with Crippen LogP contribution in [0.2, 0.25) is 0 Å². The summed E-state index contributed by atoms with van der Waals surface area (Å²) in [5, 5.41) is 0. The first-order valence-corrected chi connectivity index (χ1v) is 4.38. The van der Waals surface area contributed by atoms with Crippen LogP contribution in [0.3, 0.4) is 0 Å². The number of benzene rings is 1. The molecule has 1 atom stereocenters. The first-order chi connectivity index (χ1) is 6.67. The molecule has 76 valence electrons. The van der Waals surface area contributed by atoms with Gasteiger partial charge >= 0.3 is 0 Å². The van der Waals surface area contributed by atoms with Crippen molar-refractivity contribution in [3.8, 4) is 5.75 Å². The average Bonchev–Trinajstić information content (AvgIpc) is 2.17. The van der Waals surface area contributed by atoms with Crippen LogP contribution in [0.15, 0.2) is 30.9 Å². The summed E-state index contributed by atoms with van der Waals surface area (Å²) in [4.78, 5) is 0. The lowest BCUT2D eigenvalue weighted by Gasteiger charge is -2.11. The molecule has 0 bridgehead atoms. The lowest BCUT2D eigenvalue weighted by molar-refractivity contribution is 0.410. The van der Waals surface area contributed by atoms with Gasteiger partial charge in [0.2, 0.25) is 0 Å². The number of hydrogen-bond acceptors (Lipinski definition) is 2. The Hall–Kier alpha value is -1.35. The first-order valence-electron chi connectivity index (χ1n) is 4.38. The zero-order valence-corrected chi connectivity index (χ0v) is 8.16. The summed E-state index contributed by atoms with van der Waals surface area (Å²) in [7, 11) is 1.50. The van der Waals surface area contributed by atoms with E-state index in [9.17, 15) is 4.39 Å². The zero-order chi connectivity index (χ0) is 10.6. The van der Waals surface area contributed by atoms with Gasteiger partial charge in [0.05, 0.1) is 7.11 Å². The molecule has 0 aliphatic rings. The maximum atomic E-state index is 13.1. The minimum absolute atomic E-state index is 0.225. The second-order valence-corrected chi connectivity index (χ2v) is 3.06. The molecule has 0 fully saturated rings. The summed E-state index contributed by atoms with van der Waals surface area (Å²) in [6.07, 6.45) is 2.33. The van der Waals surface area contributed by atoms with E-state index in [0.29, 0.717) is 12.2 Å². The molecule has 0 heterocycles. The molecule has 1 rings (SSSR count). The highest BCUT2D eigenvalue weighted by Gasteiger charge is 2.07. The van der Waals surface area contributed by atoms with Crippen molar-refractivity contribution in [3.63, 3.8) is 0 Å². The van der Waals surface area contributed by atoms with Crippen LogP contribution in [0, 0.1) is 5.82 Å². The first kappa shape index (κ1) is 10.7. The van der Waals surface area contributed by atoms with E-state index in [1.165, 1.54) is 19.2 Å². The molecule has 0 radical (unpaired) electrons. The van der Waals surface area contributed by atoms with E-state index in [2.05, 4.69) is 6.58 Å². The predicted octanol–water partition coefficient (Wildman–Crippen LogP) is 2.41. The monoisotopic (exact) mass is 195 g/mol. The normalized spacial score (nSPS) is 12.2. The molecule has 0 amide bonds. The van der Waals surface area contributed by atoms with Gasteiger partial charge in [-0.3, -0.25) is 0 Å². The van der Waals surface area contributed by atoms with Gasteiger partial charge in [0, 0.05) is 12.1 Å². The Labute approximate surface area is 83.2 Å². The SMILES string of the molecule is C=CCC(N)c1cc(F)cc(OC)c1. The fourth-order valence-electron chi connectivity index (χ4n) is 1.23. The molecule has 0 spiro atoms. The highest BCUT2D eigenvalue weighted by molar-refractivity contribution is 5.31. The third kappa shape index (κ3) is 2.57. The fraction of sp³-hybridized carbons (Fsp3) is 0.273. The number of rotatable bonds is 4. The molecule has 14 heavy (non-hydrogen) atoms. The van der Waals surface area contributed by atoms with Crippen molar-refractivity contribution in [1.82, 2.24) is 0 Å². The minimum Gasteiger partial charge on any atom is -0.497 e. The number of nitrogens with two attached hydrogens (primary N) is 1. The van der Waals surface area contributed by atoms with Gasteiger partial charge in [0.1, 0.15) is 11.6 Å². The van der Waals surface area contributed by atoms with E-state index in [-0.39, 0.29) is 11.9 Å². The summed E-state index contributed by atoms with van der Waals surface area (Å²) >= 11 is 0. The van der Waals surface area contributed by atoms with Crippen molar-refractivity contribution in [2.24, 2.45) is 5.73 Å². The number of ether oxygens (including phenoxy) is 1. The number of methoxy groups -OCH3 is 1. The van der Waals surface area contributed by atoms with E-state index in [1.54, 1.807) is 12.1 Å². The van der Waals surface area contributed by atoms with E-state index >= 15 is 0 Å². The molecule has 1 aromatic carbocycles. The highest BCUT2D eigenvalue weighted by atomic mass is 19.1. The maximum Gasteiger partial charge on any atom is 0.127 e. The van der Waals surface area contributed by atoms with Crippen LogP contribution >= 0.6 is 0 Å². The third-order valence-electron chi connectivity index (χ3n) is 1.98. The fourth-order valence-corrected chi connectivity index (χ4v) is 1.23. The Morgan fingerprint density at radius 2 is 2.29 bits per heavy atom. The summed E-state index contributed by atoms with van der Waals surface area (Å²) in [6.45, 7) is 3.59. The second kappa shape index (κ2) is 4.77. The van der Waals surface area contributed by atoms with Crippen LogP contribution in [-0.2, 0) is 0 Å². The van der Waals surface area contributed by atoms with Gasteiger partial charge in [-0.2, -0.15) is 0 Å². The van der Waals surface area contributed by atoms with Gasteiger partial charge in [-0.15, -0.1) is 6.58 Å². The molecule has 2 N–H and O–H groups in total. The second-order valence-electron chi connectivity index (χ2n) is 3.06. The van der Waals surface area contributed by atoms with Crippen LogP contribution in [0.4, 0.5) is 4.39 Å². The van der Waals surface area contributed by atoms with Crippen LogP contribution in [-0.4, -0.2) is 7.11 Å². The molecular formula is C11H14FNO. The zero-order valence-electron chi connectivity index (χ0n) is 8.16. The number of halogens is 1. The van der Waals surface area contributed by atoms with Gasteiger partial charge in [0.25, 0.3) is 0 Å². The lowest BCUT2D eigenvalue weighted by Crippen LogP contribution is -2.09. The molecule has 1 aromatic rings. The van der Waals surface area contributed by atoms with Gasteiger partial charge in [-0.05, 0) is 24.1 Å². The topological polar surface area (TPSA) is 35.2 Å². The average molecular weight is 195 g/mol. The summed E-state index contributed by atoms with van der Waals surface area (Å²) < 4.78 is 18.0. The van der Waals surface area contributed by atoms with Crippen LogP contribution in [0.5, 0.6) is 5.75 Å². The smallest absolute Gasteiger partial charge is 0.127 e. The minimum atomic E-state index is -0.334. The predicted molar refractivity (Wildman–Crippen MR) is 54.7 cm³/mol. The van der Waals surface area contributed by atoms with Crippen molar-refractivity contribution >= 4 is 0 Å². The lowest BCUT2D eigenvalue weighted by atomic mass is 10.0. The standard InChI is InChI=1S/C11H14FNO/c1-3-4-11(13)8-5-9(12)7-10(6-8)14-2/h3,5-7,11H,1,4,13H2,2H3. The van der Waals surface area contributed by atoms with Crippen LogP contribution in [0.1, 0.15) is 18.0 Å². The molecule has 1 unspecified atom stereocenters. The summed E-state index contributed by atoms with van der Waals surface area (Å²) in [5.74, 6) is 0.151. The molecule has 0 saturated heterocycles. The molecule has 0 aromatic heterocycles. The number of hydrogen-bond donors (Lipinski definition) is 1. The summed E-state index contributed by atoms with van der Waals surface area (Å²) in [5.41, 5.74) is 6.53. The molecule has 3 heteroatoms. The molecule has 2 nitrogen and oxygen atoms in total. The van der Waals surface area contributed by atoms with Crippen molar-refractivity contribution in [2.45, 2.75) is 12.5 Å². The molecule has 0 aliphatic heterocycles. The Balaban J connectivity index is 2.96. The highest BCUT2D eigenvalue weighted by Crippen LogP contribution is 2.21. The van der Waals surface area contributed by atoms with Gasteiger partial charge in [0.15, 0.2) is 0 Å². The van der Waals surface area contributed by atoms with Crippen molar-refractivity contribution < 1.29 is 9.13 Å². The van der Waals surface area contributed by atoms with Gasteiger partial charge in [-0.1, -0.05) is 6.08 Å². The molecular weight excluding hydrogens is 181 g/mol. The third-order valence-corrected chi connectivity index (χ3v) is 1.98. The quantitative estimate of drug-likeness (QED) is 0.749. The van der Waals surface area contributed by atoms with Crippen molar-refractivity contribution in [1.29, 1.82) is 0 Å². The Morgan fingerprint density at radius 3 is 2.86 bits per heavy atom. The Morgan fingerprint density at radius 1 is 1.57 bits per heavy atom. The molecule has 0 saturated carbocycles. The van der Waals surface area contributed by atoms with E-state index in [0.717, 1.165) is 5.56 Å².